The highest BCUT2D eigenvalue weighted by Gasteiger charge is 2.14. The van der Waals surface area contributed by atoms with Gasteiger partial charge in [0.2, 0.25) is 0 Å². The number of rotatable bonds is 6. The maximum atomic E-state index is 13.3. The topological polar surface area (TPSA) is 30.7 Å². The van der Waals surface area contributed by atoms with Crippen molar-refractivity contribution in [3.05, 3.63) is 52.0 Å². The summed E-state index contributed by atoms with van der Waals surface area (Å²) in [6.45, 7) is 5.05. The van der Waals surface area contributed by atoms with E-state index in [4.69, 9.17) is 0 Å². The number of hydrogen-bond donors (Lipinski definition) is 0. The average Bonchev–Trinajstić information content (AvgIpc) is 3.18. The number of hydrogen-bond acceptors (Lipinski definition) is 4. The molecule has 0 saturated carbocycles. The van der Waals surface area contributed by atoms with E-state index in [1.165, 1.54) is 10.9 Å². The summed E-state index contributed by atoms with van der Waals surface area (Å²) in [7, 11) is 0. The first-order valence-electron chi connectivity index (χ1n) is 7.59. The molecule has 0 radical (unpaired) electrons. The molecule has 3 nitrogen and oxygen atoms in total. The molecule has 0 bridgehead atoms. The van der Waals surface area contributed by atoms with Crippen LogP contribution in [-0.2, 0) is 18.7 Å². The number of aromatic nitrogens is 3. The molecule has 0 amide bonds. The summed E-state index contributed by atoms with van der Waals surface area (Å²) in [4.78, 5) is 1.35. The molecule has 3 aromatic rings. The Morgan fingerprint density at radius 3 is 2.78 bits per heavy atom. The molecule has 3 rings (SSSR count). The second-order valence-corrected chi connectivity index (χ2v) is 7.06. The normalized spacial score (nSPS) is 11.1. The van der Waals surface area contributed by atoms with Crippen LogP contribution in [0, 0.1) is 5.82 Å². The van der Waals surface area contributed by atoms with Crippen molar-refractivity contribution in [3.63, 3.8) is 0 Å². The van der Waals surface area contributed by atoms with Gasteiger partial charge in [-0.1, -0.05) is 30.8 Å². The quantitative estimate of drug-likeness (QED) is 0.587. The Labute approximate surface area is 143 Å². The molecule has 0 saturated heterocycles. The van der Waals surface area contributed by atoms with Crippen molar-refractivity contribution in [2.24, 2.45) is 0 Å². The van der Waals surface area contributed by atoms with E-state index in [2.05, 4.69) is 40.1 Å². The number of halogens is 1. The van der Waals surface area contributed by atoms with Crippen LogP contribution < -0.4 is 0 Å². The van der Waals surface area contributed by atoms with Gasteiger partial charge in [-0.05, 0) is 37.1 Å². The summed E-state index contributed by atoms with van der Waals surface area (Å²) in [5.74, 6) is 1.39. The molecule has 0 N–H and O–H groups in total. The van der Waals surface area contributed by atoms with Crippen molar-refractivity contribution >= 4 is 23.1 Å². The minimum atomic E-state index is -0.203. The van der Waals surface area contributed by atoms with Crippen LogP contribution in [0.25, 0.3) is 11.4 Å². The fraction of sp³-hybridized carbons (Fsp3) is 0.294. The minimum Gasteiger partial charge on any atom is -0.302 e. The molecule has 0 aliphatic carbocycles. The van der Waals surface area contributed by atoms with Gasteiger partial charge in [0.1, 0.15) is 5.82 Å². The third-order valence-corrected chi connectivity index (χ3v) is 5.67. The van der Waals surface area contributed by atoms with E-state index < -0.39 is 0 Å². The van der Waals surface area contributed by atoms with Crippen LogP contribution in [0.5, 0.6) is 0 Å². The first kappa shape index (κ1) is 16.2. The van der Waals surface area contributed by atoms with Gasteiger partial charge in [0.25, 0.3) is 0 Å². The number of benzene rings is 1. The predicted octanol–water partition coefficient (Wildman–Crippen LogP) is 5.02. The number of thiophene rings is 1. The van der Waals surface area contributed by atoms with E-state index in [-0.39, 0.29) is 5.82 Å². The van der Waals surface area contributed by atoms with Crippen molar-refractivity contribution in [2.45, 2.75) is 37.7 Å². The summed E-state index contributed by atoms with van der Waals surface area (Å²) in [6, 6.07) is 8.87. The highest BCUT2D eigenvalue weighted by atomic mass is 32.2. The van der Waals surface area contributed by atoms with E-state index in [1.54, 1.807) is 35.2 Å². The van der Waals surface area contributed by atoms with Crippen LogP contribution in [0.15, 0.2) is 40.9 Å². The summed E-state index contributed by atoms with van der Waals surface area (Å²) >= 11 is 3.34. The first-order chi connectivity index (χ1) is 11.2. The molecule has 0 aliphatic heterocycles. The average molecular weight is 347 g/mol. The molecule has 2 heterocycles. The fourth-order valence-electron chi connectivity index (χ4n) is 2.35. The van der Waals surface area contributed by atoms with Crippen LogP contribution in [-0.4, -0.2) is 14.8 Å². The zero-order valence-electron chi connectivity index (χ0n) is 13.1. The van der Waals surface area contributed by atoms with Crippen molar-refractivity contribution in [1.82, 2.24) is 14.8 Å². The summed E-state index contributed by atoms with van der Waals surface area (Å²) in [5, 5.41) is 11.7. The second kappa shape index (κ2) is 7.27. The monoisotopic (exact) mass is 347 g/mol. The zero-order valence-corrected chi connectivity index (χ0v) is 14.8. The van der Waals surface area contributed by atoms with Gasteiger partial charge in [0.05, 0.1) is 0 Å². The Hall–Kier alpha value is -1.66. The SMILES string of the molecule is CCc1cc(-c2nnc(SCc3cccc(F)c3)n2CC)cs1. The molecular weight excluding hydrogens is 329 g/mol. The molecule has 0 atom stereocenters. The van der Waals surface area contributed by atoms with E-state index in [9.17, 15) is 4.39 Å². The van der Waals surface area contributed by atoms with Gasteiger partial charge in [-0.15, -0.1) is 21.5 Å². The molecule has 2 aromatic heterocycles. The first-order valence-corrected chi connectivity index (χ1v) is 9.46. The summed E-state index contributed by atoms with van der Waals surface area (Å²) in [5.41, 5.74) is 2.07. The minimum absolute atomic E-state index is 0.203. The highest BCUT2D eigenvalue weighted by Crippen LogP contribution is 2.29. The second-order valence-electron chi connectivity index (χ2n) is 5.12. The van der Waals surface area contributed by atoms with Crippen LogP contribution >= 0.6 is 23.1 Å². The molecular formula is C17H18FN3S2. The Kier molecular flexibility index (Phi) is 5.13. The van der Waals surface area contributed by atoms with E-state index >= 15 is 0 Å². The molecule has 0 aliphatic rings. The van der Waals surface area contributed by atoms with Gasteiger partial charge < -0.3 is 4.57 Å². The van der Waals surface area contributed by atoms with Crippen molar-refractivity contribution in [1.29, 1.82) is 0 Å². The van der Waals surface area contributed by atoms with E-state index in [0.29, 0.717) is 5.75 Å². The fourth-order valence-corrected chi connectivity index (χ4v) is 4.11. The third kappa shape index (κ3) is 3.64. The Morgan fingerprint density at radius 1 is 1.22 bits per heavy atom. The van der Waals surface area contributed by atoms with Crippen LogP contribution in [0.4, 0.5) is 4.39 Å². The van der Waals surface area contributed by atoms with Crippen LogP contribution in [0.2, 0.25) is 0 Å². The van der Waals surface area contributed by atoms with Gasteiger partial charge in [-0.2, -0.15) is 0 Å². The van der Waals surface area contributed by atoms with Crippen LogP contribution in [0.1, 0.15) is 24.3 Å². The summed E-state index contributed by atoms with van der Waals surface area (Å²) in [6.07, 6.45) is 1.03. The third-order valence-electron chi connectivity index (χ3n) is 3.55. The molecule has 0 unspecified atom stereocenters. The van der Waals surface area contributed by atoms with Gasteiger partial charge in [0, 0.05) is 28.1 Å². The molecule has 23 heavy (non-hydrogen) atoms. The van der Waals surface area contributed by atoms with Gasteiger partial charge in [-0.3, -0.25) is 0 Å². The Bertz CT molecular complexity index is 795. The largest absolute Gasteiger partial charge is 0.302 e. The zero-order chi connectivity index (χ0) is 16.2. The standard InChI is InChI=1S/C17H18FN3S2/c1-3-15-9-13(11-22-15)16-19-20-17(21(16)4-2)23-10-12-6-5-7-14(18)8-12/h5-9,11H,3-4,10H2,1-2H3. The lowest BCUT2D eigenvalue weighted by Gasteiger charge is -2.06. The van der Waals surface area contributed by atoms with Gasteiger partial charge >= 0.3 is 0 Å². The van der Waals surface area contributed by atoms with Crippen molar-refractivity contribution in [2.75, 3.05) is 0 Å². The lowest BCUT2D eigenvalue weighted by atomic mass is 10.2. The molecule has 120 valence electrons. The maximum absolute atomic E-state index is 13.3. The van der Waals surface area contributed by atoms with E-state index in [1.807, 2.05) is 6.07 Å². The maximum Gasteiger partial charge on any atom is 0.191 e. The molecule has 0 fully saturated rings. The smallest absolute Gasteiger partial charge is 0.191 e. The van der Waals surface area contributed by atoms with E-state index in [0.717, 1.165) is 35.1 Å². The lowest BCUT2D eigenvalue weighted by molar-refractivity contribution is 0.626. The van der Waals surface area contributed by atoms with Gasteiger partial charge in [0.15, 0.2) is 11.0 Å². The molecule has 1 aromatic carbocycles. The number of thioether (sulfide) groups is 1. The summed E-state index contributed by atoms with van der Waals surface area (Å²) < 4.78 is 15.4. The molecule has 0 spiro atoms. The number of aryl methyl sites for hydroxylation is 1. The lowest BCUT2D eigenvalue weighted by Crippen LogP contribution is -1.99. The number of nitrogens with zero attached hydrogens (tertiary/aromatic N) is 3. The van der Waals surface area contributed by atoms with Crippen molar-refractivity contribution in [3.8, 4) is 11.4 Å². The van der Waals surface area contributed by atoms with Crippen molar-refractivity contribution < 1.29 is 4.39 Å². The Morgan fingerprint density at radius 2 is 2.09 bits per heavy atom. The molecule has 6 heteroatoms. The van der Waals surface area contributed by atoms with Gasteiger partial charge in [-0.25, -0.2) is 4.39 Å². The predicted molar refractivity (Wildman–Crippen MR) is 94.3 cm³/mol. The van der Waals surface area contributed by atoms with Crippen LogP contribution in [0.3, 0.4) is 0 Å². The highest BCUT2D eigenvalue weighted by molar-refractivity contribution is 7.98. The Balaban J connectivity index is 1.80.